The molecule has 1 N–H and O–H groups in total. The second kappa shape index (κ2) is 7.51. The predicted molar refractivity (Wildman–Crippen MR) is 76.5 cm³/mol. The first-order valence-corrected chi connectivity index (χ1v) is 6.70. The third-order valence-corrected chi connectivity index (χ3v) is 3.24. The molecule has 0 saturated heterocycles. The summed E-state index contributed by atoms with van der Waals surface area (Å²) >= 11 is 3.52. The molecule has 0 bridgehead atoms. The summed E-state index contributed by atoms with van der Waals surface area (Å²) in [5.41, 5.74) is 1.26. The van der Waals surface area contributed by atoms with E-state index >= 15 is 0 Å². The maximum Gasteiger partial charge on any atom is 0.133 e. The number of hydrogen-bond acceptors (Lipinski definition) is 2. The fraction of sp³-hybridized carbons (Fsp3) is 0.429. The molecule has 0 saturated carbocycles. The highest BCUT2D eigenvalue weighted by molar-refractivity contribution is 9.10. The number of halogens is 1. The van der Waals surface area contributed by atoms with Gasteiger partial charge in [0.25, 0.3) is 0 Å². The van der Waals surface area contributed by atoms with Crippen molar-refractivity contribution in [2.75, 3.05) is 13.7 Å². The molecule has 3 heteroatoms. The average Bonchev–Trinajstić information content (AvgIpc) is 2.34. The van der Waals surface area contributed by atoms with E-state index < -0.39 is 0 Å². The van der Waals surface area contributed by atoms with Crippen LogP contribution in [-0.2, 0) is 0 Å². The van der Waals surface area contributed by atoms with Crippen LogP contribution in [0.3, 0.4) is 0 Å². The fourth-order valence-corrected chi connectivity index (χ4v) is 2.28. The molecule has 1 unspecified atom stereocenters. The van der Waals surface area contributed by atoms with Gasteiger partial charge in [-0.05, 0) is 53.0 Å². The lowest BCUT2D eigenvalue weighted by Crippen LogP contribution is -2.21. The zero-order valence-electron chi connectivity index (χ0n) is 10.5. The Morgan fingerprint density at radius 3 is 2.82 bits per heavy atom. The van der Waals surface area contributed by atoms with Gasteiger partial charge in [-0.3, -0.25) is 0 Å². The second-order valence-corrected chi connectivity index (χ2v) is 4.78. The lowest BCUT2D eigenvalue weighted by molar-refractivity contribution is 0.411. The average molecular weight is 298 g/mol. The molecule has 0 aliphatic rings. The third-order valence-electron chi connectivity index (χ3n) is 2.62. The molecule has 0 radical (unpaired) electrons. The minimum Gasteiger partial charge on any atom is -0.496 e. The van der Waals surface area contributed by atoms with E-state index in [2.05, 4.69) is 46.9 Å². The van der Waals surface area contributed by atoms with Crippen molar-refractivity contribution < 1.29 is 4.74 Å². The summed E-state index contributed by atoms with van der Waals surface area (Å²) in [7, 11) is 1.68. The number of rotatable bonds is 7. The number of benzene rings is 1. The molecule has 1 rings (SSSR count). The molecule has 2 nitrogen and oxygen atoms in total. The maximum absolute atomic E-state index is 5.23. The fourth-order valence-electron chi connectivity index (χ4n) is 1.72. The maximum atomic E-state index is 5.23. The van der Waals surface area contributed by atoms with E-state index in [9.17, 15) is 0 Å². The SMILES string of the molecule is C=CCC(NCCC)c1ccc(OC)c(Br)c1. The third kappa shape index (κ3) is 4.17. The molecule has 0 aliphatic carbocycles. The van der Waals surface area contributed by atoms with Gasteiger partial charge in [-0.1, -0.05) is 19.1 Å². The van der Waals surface area contributed by atoms with Crippen molar-refractivity contribution >= 4 is 15.9 Å². The molecule has 17 heavy (non-hydrogen) atoms. The van der Waals surface area contributed by atoms with Crippen molar-refractivity contribution in [2.24, 2.45) is 0 Å². The Morgan fingerprint density at radius 2 is 2.29 bits per heavy atom. The molecule has 94 valence electrons. The smallest absolute Gasteiger partial charge is 0.133 e. The van der Waals surface area contributed by atoms with Crippen molar-refractivity contribution in [1.29, 1.82) is 0 Å². The Kier molecular flexibility index (Phi) is 6.30. The van der Waals surface area contributed by atoms with E-state index in [1.54, 1.807) is 7.11 Å². The zero-order chi connectivity index (χ0) is 12.7. The summed E-state index contributed by atoms with van der Waals surface area (Å²) in [5, 5.41) is 3.52. The van der Waals surface area contributed by atoms with Crippen LogP contribution in [0.1, 0.15) is 31.4 Å². The molecular weight excluding hydrogens is 278 g/mol. The Morgan fingerprint density at radius 1 is 1.53 bits per heavy atom. The summed E-state index contributed by atoms with van der Waals surface area (Å²) < 4.78 is 6.22. The topological polar surface area (TPSA) is 21.3 Å². The van der Waals surface area contributed by atoms with Crippen LogP contribution in [0.2, 0.25) is 0 Å². The molecule has 0 aromatic heterocycles. The minimum atomic E-state index is 0.328. The van der Waals surface area contributed by atoms with Crippen LogP contribution in [0.15, 0.2) is 35.3 Å². The van der Waals surface area contributed by atoms with Gasteiger partial charge in [0.15, 0.2) is 0 Å². The summed E-state index contributed by atoms with van der Waals surface area (Å²) in [6, 6.07) is 6.52. The highest BCUT2D eigenvalue weighted by Crippen LogP contribution is 2.29. The van der Waals surface area contributed by atoms with Crippen molar-refractivity contribution in [2.45, 2.75) is 25.8 Å². The zero-order valence-corrected chi connectivity index (χ0v) is 12.1. The Hall–Kier alpha value is -0.800. The number of methoxy groups -OCH3 is 1. The number of nitrogens with one attached hydrogen (secondary N) is 1. The van der Waals surface area contributed by atoms with E-state index in [0.29, 0.717) is 6.04 Å². The minimum absolute atomic E-state index is 0.328. The largest absolute Gasteiger partial charge is 0.496 e. The Balaban J connectivity index is 2.85. The van der Waals surface area contributed by atoms with Crippen molar-refractivity contribution in [3.63, 3.8) is 0 Å². The van der Waals surface area contributed by atoms with Crippen LogP contribution < -0.4 is 10.1 Å². The Bertz CT molecular complexity index is 365. The Labute approximate surface area is 112 Å². The molecule has 1 atom stereocenters. The predicted octanol–water partition coefficient (Wildman–Crippen LogP) is 4.07. The van der Waals surface area contributed by atoms with Gasteiger partial charge < -0.3 is 10.1 Å². The number of ether oxygens (including phenoxy) is 1. The first kappa shape index (κ1) is 14.3. The van der Waals surface area contributed by atoms with E-state index in [4.69, 9.17) is 4.74 Å². The van der Waals surface area contributed by atoms with Crippen LogP contribution in [0.4, 0.5) is 0 Å². The summed E-state index contributed by atoms with van der Waals surface area (Å²) in [6.07, 6.45) is 4.01. The van der Waals surface area contributed by atoms with Crippen molar-refractivity contribution in [3.05, 3.63) is 40.9 Å². The van der Waals surface area contributed by atoms with E-state index in [0.717, 1.165) is 29.6 Å². The van der Waals surface area contributed by atoms with Crippen LogP contribution in [0, 0.1) is 0 Å². The molecule has 1 aromatic carbocycles. The van der Waals surface area contributed by atoms with E-state index in [1.807, 2.05) is 12.1 Å². The summed E-state index contributed by atoms with van der Waals surface area (Å²) in [4.78, 5) is 0. The molecule has 1 aromatic rings. The monoisotopic (exact) mass is 297 g/mol. The van der Waals surface area contributed by atoms with E-state index in [1.165, 1.54) is 5.56 Å². The standard InChI is InChI=1S/C14H20BrNO/c1-4-6-13(16-9-5-2)11-7-8-14(17-3)12(15)10-11/h4,7-8,10,13,16H,1,5-6,9H2,2-3H3. The van der Waals surface area contributed by atoms with Gasteiger partial charge in [0.2, 0.25) is 0 Å². The normalized spacial score (nSPS) is 12.2. The van der Waals surface area contributed by atoms with Gasteiger partial charge >= 0.3 is 0 Å². The van der Waals surface area contributed by atoms with Gasteiger partial charge in [-0.15, -0.1) is 6.58 Å². The number of hydrogen-bond donors (Lipinski definition) is 1. The second-order valence-electron chi connectivity index (χ2n) is 3.93. The van der Waals surface area contributed by atoms with Crippen LogP contribution >= 0.6 is 15.9 Å². The lowest BCUT2D eigenvalue weighted by Gasteiger charge is -2.18. The first-order chi connectivity index (χ1) is 8.22. The highest BCUT2D eigenvalue weighted by atomic mass is 79.9. The molecule has 0 heterocycles. The van der Waals surface area contributed by atoms with Crippen LogP contribution in [0.25, 0.3) is 0 Å². The molecule has 0 spiro atoms. The highest BCUT2D eigenvalue weighted by Gasteiger charge is 2.10. The summed E-state index contributed by atoms with van der Waals surface area (Å²) in [5.74, 6) is 0.863. The molecular formula is C14H20BrNO. The van der Waals surface area contributed by atoms with Gasteiger partial charge in [-0.25, -0.2) is 0 Å². The van der Waals surface area contributed by atoms with Crippen LogP contribution in [0.5, 0.6) is 5.75 Å². The van der Waals surface area contributed by atoms with Gasteiger partial charge in [0.05, 0.1) is 11.6 Å². The van der Waals surface area contributed by atoms with Gasteiger partial charge in [-0.2, -0.15) is 0 Å². The van der Waals surface area contributed by atoms with Crippen molar-refractivity contribution in [1.82, 2.24) is 5.32 Å². The van der Waals surface area contributed by atoms with E-state index in [-0.39, 0.29) is 0 Å². The first-order valence-electron chi connectivity index (χ1n) is 5.90. The molecule has 0 amide bonds. The van der Waals surface area contributed by atoms with Crippen LogP contribution in [-0.4, -0.2) is 13.7 Å². The quantitative estimate of drug-likeness (QED) is 0.766. The molecule has 0 fully saturated rings. The lowest BCUT2D eigenvalue weighted by atomic mass is 10.0. The van der Waals surface area contributed by atoms with Gasteiger partial charge in [0.1, 0.15) is 5.75 Å². The van der Waals surface area contributed by atoms with Gasteiger partial charge in [0, 0.05) is 6.04 Å². The van der Waals surface area contributed by atoms with Crippen molar-refractivity contribution in [3.8, 4) is 5.75 Å². The molecule has 0 aliphatic heterocycles. The summed E-state index contributed by atoms with van der Waals surface area (Å²) in [6.45, 7) is 7.00.